The average Bonchev–Trinajstić information content (AvgIpc) is 2.93. The van der Waals surface area contributed by atoms with Crippen molar-refractivity contribution in [3.05, 3.63) is 52.5 Å². The molecule has 0 saturated heterocycles. The van der Waals surface area contributed by atoms with E-state index in [1.54, 1.807) is 26.8 Å². The van der Waals surface area contributed by atoms with E-state index in [0.717, 1.165) is 5.56 Å². The van der Waals surface area contributed by atoms with Crippen molar-refractivity contribution < 1.29 is 22.4 Å². The Morgan fingerprint density at radius 2 is 1.79 bits per heavy atom. The lowest BCUT2D eigenvalue weighted by Gasteiger charge is -2.12. The lowest BCUT2D eigenvalue weighted by atomic mass is 10.1. The van der Waals surface area contributed by atoms with E-state index in [1.165, 1.54) is 6.07 Å². The Kier molecular flexibility index (Phi) is 5.46. The number of rotatable bonds is 6. The third kappa shape index (κ3) is 4.04. The summed E-state index contributed by atoms with van der Waals surface area (Å²) in [6, 6.07) is 6.66. The SMILES string of the molecule is CCOC(=O)c1ccc(CNS(=O)(=O)c2c(C)cc(C)cc2C)o1. The predicted octanol–water partition coefficient (Wildman–Crippen LogP) is 2.86. The third-order valence-corrected chi connectivity index (χ3v) is 5.15. The molecular formula is C17H21NO5S. The van der Waals surface area contributed by atoms with Crippen LogP contribution in [0.3, 0.4) is 0 Å². The van der Waals surface area contributed by atoms with Crippen LogP contribution < -0.4 is 4.72 Å². The molecule has 0 radical (unpaired) electrons. The zero-order chi connectivity index (χ0) is 17.9. The van der Waals surface area contributed by atoms with Crippen LogP contribution in [-0.4, -0.2) is 21.0 Å². The summed E-state index contributed by atoms with van der Waals surface area (Å²) in [6.45, 7) is 7.34. The van der Waals surface area contributed by atoms with Crippen LogP contribution in [0.25, 0.3) is 0 Å². The van der Waals surface area contributed by atoms with Crippen molar-refractivity contribution in [2.24, 2.45) is 0 Å². The molecule has 0 aliphatic heterocycles. The van der Waals surface area contributed by atoms with Crippen molar-refractivity contribution in [2.75, 3.05) is 6.61 Å². The van der Waals surface area contributed by atoms with E-state index in [4.69, 9.17) is 9.15 Å². The van der Waals surface area contributed by atoms with E-state index in [0.29, 0.717) is 16.9 Å². The first-order valence-electron chi connectivity index (χ1n) is 7.58. The molecule has 0 aliphatic carbocycles. The Hall–Kier alpha value is -2.12. The van der Waals surface area contributed by atoms with Crippen molar-refractivity contribution in [1.82, 2.24) is 4.72 Å². The monoisotopic (exact) mass is 351 g/mol. The molecule has 130 valence electrons. The van der Waals surface area contributed by atoms with Gasteiger partial charge in [-0.2, -0.15) is 0 Å². The van der Waals surface area contributed by atoms with Crippen molar-refractivity contribution in [2.45, 2.75) is 39.1 Å². The predicted molar refractivity (Wildman–Crippen MR) is 89.3 cm³/mol. The molecule has 0 saturated carbocycles. The summed E-state index contributed by atoms with van der Waals surface area (Å²) in [6.07, 6.45) is 0. The van der Waals surface area contributed by atoms with Gasteiger partial charge >= 0.3 is 5.97 Å². The lowest BCUT2D eigenvalue weighted by molar-refractivity contribution is 0.0488. The number of hydrogen-bond acceptors (Lipinski definition) is 5. The van der Waals surface area contributed by atoms with Gasteiger partial charge in [0.1, 0.15) is 5.76 Å². The van der Waals surface area contributed by atoms with Crippen molar-refractivity contribution in [3.63, 3.8) is 0 Å². The summed E-state index contributed by atoms with van der Waals surface area (Å²) in [5, 5.41) is 0. The topological polar surface area (TPSA) is 85.6 Å². The summed E-state index contributed by atoms with van der Waals surface area (Å²) in [5.74, 6) is -0.186. The van der Waals surface area contributed by atoms with Gasteiger partial charge < -0.3 is 9.15 Å². The van der Waals surface area contributed by atoms with Crippen LogP contribution >= 0.6 is 0 Å². The summed E-state index contributed by atoms with van der Waals surface area (Å²) in [7, 11) is -3.68. The van der Waals surface area contributed by atoms with Crippen LogP contribution in [0.4, 0.5) is 0 Å². The summed E-state index contributed by atoms with van der Waals surface area (Å²) < 4.78 is 37.8. The van der Waals surface area contributed by atoms with Gasteiger partial charge in [0, 0.05) is 0 Å². The number of sulfonamides is 1. The molecule has 1 N–H and O–H groups in total. The van der Waals surface area contributed by atoms with Crippen LogP contribution in [-0.2, 0) is 21.3 Å². The van der Waals surface area contributed by atoms with E-state index >= 15 is 0 Å². The molecule has 1 heterocycles. The molecule has 2 rings (SSSR count). The molecule has 0 fully saturated rings. The fraction of sp³-hybridized carbons (Fsp3) is 0.353. The molecule has 0 spiro atoms. The summed E-state index contributed by atoms with van der Waals surface area (Å²) >= 11 is 0. The van der Waals surface area contributed by atoms with Crippen LogP contribution in [0.2, 0.25) is 0 Å². The van der Waals surface area contributed by atoms with Gasteiger partial charge in [0.2, 0.25) is 15.8 Å². The highest BCUT2D eigenvalue weighted by Gasteiger charge is 2.20. The van der Waals surface area contributed by atoms with Gasteiger partial charge in [-0.25, -0.2) is 17.9 Å². The zero-order valence-electron chi connectivity index (χ0n) is 14.2. The molecule has 1 aromatic carbocycles. The minimum Gasteiger partial charge on any atom is -0.460 e. The molecule has 24 heavy (non-hydrogen) atoms. The van der Waals surface area contributed by atoms with Crippen LogP contribution in [0, 0.1) is 20.8 Å². The first-order valence-corrected chi connectivity index (χ1v) is 9.06. The van der Waals surface area contributed by atoms with Gasteiger partial charge in [-0.3, -0.25) is 0 Å². The Bertz CT molecular complexity index is 829. The first kappa shape index (κ1) is 18.2. The maximum Gasteiger partial charge on any atom is 0.374 e. The standard InChI is InChI=1S/C17H21NO5S/c1-5-22-17(19)15-7-6-14(23-15)10-18-24(20,21)16-12(3)8-11(2)9-13(16)4/h6-9,18H,5,10H2,1-4H3. The molecule has 1 aromatic heterocycles. The number of ether oxygens (including phenoxy) is 1. The molecule has 0 amide bonds. The number of benzene rings is 1. The Morgan fingerprint density at radius 1 is 1.17 bits per heavy atom. The summed E-state index contributed by atoms with van der Waals surface area (Å²) in [5.41, 5.74) is 2.38. The van der Waals surface area contributed by atoms with E-state index in [1.807, 2.05) is 19.1 Å². The maximum atomic E-state index is 12.6. The number of carbonyl (C=O) groups excluding carboxylic acids is 1. The molecule has 7 heteroatoms. The van der Waals surface area contributed by atoms with E-state index in [2.05, 4.69) is 4.72 Å². The number of nitrogens with one attached hydrogen (secondary N) is 1. The lowest BCUT2D eigenvalue weighted by Crippen LogP contribution is -2.24. The third-order valence-electron chi connectivity index (χ3n) is 3.45. The minimum atomic E-state index is -3.68. The average molecular weight is 351 g/mol. The van der Waals surface area contributed by atoms with E-state index in [9.17, 15) is 13.2 Å². The molecule has 0 atom stereocenters. The fourth-order valence-corrected chi connectivity index (χ4v) is 4.06. The highest BCUT2D eigenvalue weighted by atomic mass is 32.2. The quantitative estimate of drug-likeness (QED) is 0.809. The van der Waals surface area contributed by atoms with Gasteiger partial charge in [0.25, 0.3) is 0 Å². The minimum absolute atomic E-state index is 0.0471. The van der Waals surface area contributed by atoms with Gasteiger partial charge in [0.15, 0.2) is 0 Å². The van der Waals surface area contributed by atoms with Crippen LogP contribution in [0.1, 0.15) is 39.9 Å². The number of furan rings is 1. The first-order chi connectivity index (χ1) is 11.2. The van der Waals surface area contributed by atoms with Gasteiger partial charge in [0.05, 0.1) is 18.0 Å². The largest absolute Gasteiger partial charge is 0.460 e. The zero-order valence-corrected chi connectivity index (χ0v) is 15.0. The maximum absolute atomic E-state index is 12.6. The van der Waals surface area contributed by atoms with Crippen LogP contribution in [0.5, 0.6) is 0 Å². The normalized spacial score (nSPS) is 11.5. The number of aryl methyl sites for hydroxylation is 3. The van der Waals surface area contributed by atoms with Gasteiger partial charge in [-0.1, -0.05) is 17.7 Å². The van der Waals surface area contributed by atoms with Crippen molar-refractivity contribution in [1.29, 1.82) is 0 Å². The molecule has 0 bridgehead atoms. The number of hydrogen-bond donors (Lipinski definition) is 1. The molecule has 0 aliphatic rings. The Labute approximate surface area is 141 Å². The van der Waals surface area contributed by atoms with E-state index in [-0.39, 0.29) is 23.8 Å². The molecular weight excluding hydrogens is 330 g/mol. The summed E-state index contributed by atoms with van der Waals surface area (Å²) in [4.78, 5) is 11.8. The van der Waals surface area contributed by atoms with Gasteiger partial charge in [-0.05, 0) is 51.0 Å². The Balaban J connectivity index is 2.16. The van der Waals surface area contributed by atoms with Gasteiger partial charge in [-0.15, -0.1) is 0 Å². The number of carbonyl (C=O) groups is 1. The fourth-order valence-electron chi connectivity index (χ4n) is 2.61. The van der Waals surface area contributed by atoms with Crippen molar-refractivity contribution in [3.8, 4) is 0 Å². The second-order valence-electron chi connectivity index (χ2n) is 5.54. The second-order valence-corrected chi connectivity index (χ2v) is 7.24. The molecule has 2 aromatic rings. The van der Waals surface area contributed by atoms with Crippen molar-refractivity contribution >= 4 is 16.0 Å². The smallest absolute Gasteiger partial charge is 0.374 e. The highest BCUT2D eigenvalue weighted by molar-refractivity contribution is 7.89. The van der Waals surface area contributed by atoms with Crippen LogP contribution in [0.15, 0.2) is 33.6 Å². The molecule has 6 nitrogen and oxygen atoms in total. The highest BCUT2D eigenvalue weighted by Crippen LogP contribution is 2.22. The second kappa shape index (κ2) is 7.19. The Morgan fingerprint density at radius 3 is 2.38 bits per heavy atom. The molecule has 0 unspecified atom stereocenters. The van der Waals surface area contributed by atoms with E-state index < -0.39 is 16.0 Å². The number of esters is 1.